The minimum atomic E-state index is -0.379. The van der Waals surface area contributed by atoms with E-state index in [1.807, 2.05) is 54.6 Å². The second-order valence-electron chi connectivity index (χ2n) is 7.06. The first kappa shape index (κ1) is 17.9. The van der Waals surface area contributed by atoms with Crippen LogP contribution in [0.4, 0.5) is 0 Å². The van der Waals surface area contributed by atoms with Crippen LogP contribution in [0.1, 0.15) is 21.7 Å². The fourth-order valence-electron chi connectivity index (χ4n) is 3.60. The van der Waals surface area contributed by atoms with Crippen LogP contribution in [0.25, 0.3) is 21.9 Å². The maximum Gasteiger partial charge on any atom is 0.307 e. The van der Waals surface area contributed by atoms with E-state index in [0.29, 0.717) is 5.58 Å². The lowest BCUT2D eigenvalue weighted by Gasteiger charge is -2.05. The number of fused-ring (bicyclic) bond motifs is 2. The molecule has 0 spiro atoms. The van der Waals surface area contributed by atoms with E-state index in [2.05, 4.69) is 45.6 Å². The van der Waals surface area contributed by atoms with Crippen molar-refractivity contribution in [3.63, 3.8) is 0 Å². The molecule has 0 bridgehead atoms. The van der Waals surface area contributed by atoms with E-state index >= 15 is 0 Å². The van der Waals surface area contributed by atoms with Crippen LogP contribution in [-0.2, 0) is 6.54 Å². The molecule has 3 aromatic carbocycles. The Bertz CT molecular complexity index is 1330. The Balaban J connectivity index is 1.38. The van der Waals surface area contributed by atoms with Gasteiger partial charge in [-0.2, -0.15) is 5.10 Å². The second kappa shape index (κ2) is 7.72. The van der Waals surface area contributed by atoms with Crippen molar-refractivity contribution in [3.05, 3.63) is 108 Å². The Hall–Kier alpha value is -4.12. The molecule has 0 atom stereocenters. The highest BCUT2D eigenvalue weighted by atomic mass is 16.3. The monoisotopic (exact) mass is 393 g/mol. The molecule has 1 N–H and O–H groups in total. The van der Waals surface area contributed by atoms with Gasteiger partial charge in [0.15, 0.2) is 5.76 Å². The molecule has 2 aromatic heterocycles. The highest BCUT2D eigenvalue weighted by molar-refractivity contribution is 6.01. The third-order valence-corrected chi connectivity index (χ3v) is 5.03. The molecule has 5 aromatic rings. The SMILES string of the molecule is O=C(NN=Cc1cn(Cc2ccccc2)c2ccccc12)c1cc2ccccc2o1. The minimum absolute atomic E-state index is 0.236. The third kappa shape index (κ3) is 3.49. The number of benzene rings is 3. The first-order chi connectivity index (χ1) is 14.8. The Kier molecular flexibility index (Phi) is 4.62. The summed E-state index contributed by atoms with van der Waals surface area (Å²) >= 11 is 0. The van der Waals surface area contributed by atoms with E-state index in [1.165, 1.54) is 5.56 Å². The number of aromatic nitrogens is 1. The van der Waals surface area contributed by atoms with E-state index in [4.69, 9.17) is 4.42 Å². The van der Waals surface area contributed by atoms with Crippen molar-refractivity contribution < 1.29 is 9.21 Å². The van der Waals surface area contributed by atoms with Gasteiger partial charge in [0.2, 0.25) is 0 Å². The molecule has 0 saturated heterocycles. The molecule has 0 aliphatic heterocycles. The standard InChI is InChI=1S/C25H19N3O2/c29-25(24-14-19-10-4-7-13-23(19)30-24)27-26-15-20-17-28(16-18-8-2-1-3-9-18)22-12-6-5-11-21(20)22/h1-15,17H,16H2,(H,27,29). The quantitative estimate of drug-likeness (QED) is 0.330. The summed E-state index contributed by atoms with van der Waals surface area (Å²) < 4.78 is 7.77. The van der Waals surface area contributed by atoms with Crippen molar-refractivity contribution in [1.29, 1.82) is 0 Å². The molecule has 0 fully saturated rings. The molecule has 0 aliphatic rings. The third-order valence-electron chi connectivity index (χ3n) is 5.03. The van der Waals surface area contributed by atoms with E-state index in [-0.39, 0.29) is 11.7 Å². The fourth-order valence-corrected chi connectivity index (χ4v) is 3.60. The lowest BCUT2D eigenvalue weighted by molar-refractivity contribution is 0.0929. The Morgan fingerprint density at radius 1 is 0.967 bits per heavy atom. The van der Waals surface area contributed by atoms with E-state index < -0.39 is 0 Å². The zero-order valence-electron chi connectivity index (χ0n) is 16.2. The zero-order valence-corrected chi connectivity index (χ0v) is 16.2. The van der Waals surface area contributed by atoms with Crippen LogP contribution in [0.15, 0.2) is 101 Å². The number of carbonyl (C=O) groups excluding carboxylic acids is 1. The van der Waals surface area contributed by atoms with Gasteiger partial charge in [0.1, 0.15) is 5.58 Å². The largest absolute Gasteiger partial charge is 0.451 e. The lowest BCUT2D eigenvalue weighted by Crippen LogP contribution is -2.16. The van der Waals surface area contributed by atoms with Crippen LogP contribution in [0, 0.1) is 0 Å². The van der Waals surface area contributed by atoms with Crippen molar-refractivity contribution in [2.24, 2.45) is 5.10 Å². The van der Waals surface area contributed by atoms with Gasteiger partial charge in [-0.05, 0) is 23.8 Å². The molecule has 1 amide bonds. The average Bonchev–Trinajstić information content (AvgIpc) is 3.37. The molecule has 30 heavy (non-hydrogen) atoms. The van der Waals surface area contributed by atoms with Gasteiger partial charge in [0, 0.05) is 34.6 Å². The number of rotatable bonds is 5. The van der Waals surface area contributed by atoms with Crippen molar-refractivity contribution >= 4 is 34.0 Å². The summed E-state index contributed by atoms with van der Waals surface area (Å²) in [5.41, 5.74) is 6.51. The number of furan rings is 1. The maximum absolute atomic E-state index is 12.4. The Labute approximate surface area is 173 Å². The van der Waals surface area contributed by atoms with Crippen molar-refractivity contribution in [2.75, 3.05) is 0 Å². The maximum atomic E-state index is 12.4. The summed E-state index contributed by atoms with van der Waals surface area (Å²) in [4.78, 5) is 12.4. The summed E-state index contributed by atoms with van der Waals surface area (Å²) in [5.74, 6) is -0.143. The average molecular weight is 393 g/mol. The number of nitrogens with one attached hydrogen (secondary N) is 1. The topological polar surface area (TPSA) is 59.5 Å². The minimum Gasteiger partial charge on any atom is -0.451 e. The summed E-state index contributed by atoms with van der Waals surface area (Å²) in [6.45, 7) is 0.764. The van der Waals surface area contributed by atoms with Crippen molar-refractivity contribution in [2.45, 2.75) is 6.54 Å². The fraction of sp³-hybridized carbons (Fsp3) is 0.0400. The van der Waals surface area contributed by atoms with Gasteiger partial charge in [0.05, 0.1) is 6.21 Å². The summed E-state index contributed by atoms with van der Waals surface area (Å²) in [6.07, 6.45) is 3.72. The molecule has 0 radical (unpaired) electrons. The van der Waals surface area contributed by atoms with Gasteiger partial charge in [-0.25, -0.2) is 5.43 Å². The van der Waals surface area contributed by atoms with Gasteiger partial charge in [-0.15, -0.1) is 0 Å². The van der Waals surface area contributed by atoms with Crippen LogP contribution in [0.2, 0.25) is 0 Å². The molecule has 5 rings (SSSR count). The van der Waals surface area contributed by atoms with Gasteiger partial charge in [-0.3, -0.25) is 4.79 Å². The molecular formula is C25H19N3O2. The molecule has 0 aliphatic carbocycles. The number of para-hydroxylation sites is 2. The highest BCUT2D eigenvalue weighted by Crippen LogP contribution is 2.21. The molecule has 2 heterocycles. The number of carbonyl (C=O) groups is 1. The summed E-state index contributed by atoms with van der Waals surface area (Å²) in [7, 11) is 0. The van der Waals surface area contributed by atoms with Gasteiger partial charge in [-0.1, -0.05) is 66.7 Å². The highest BCUT2D eigenvalue weighted by Gasteiger charge is 2.11. The normalized spacial score (nSPS) is 11.5. The van der Waals surface area contributed by atoms with E-state index in [0.717, 1.165) is 28.4 Å². The number of hydrogen-bond acceptors (Lipinski definition) is 3. The van der Waals surface area contributed by atoms with Gasteiger partial charge < -0.3 is 8.98 Å². The number of nitrogens with zero attached hydrogens (tertiary/aromatic N) is 2. The van der Waals surface area contributed by atoms with Crippen molar-refractivity contribution in [3.8, 4) is 0 Å². The number of amides is 1. The van der Waals surface area contributed by atoms with Crippen LogP contribution in [-0.4, -0.2) is 16.7 Å². The van der Waals surface area contributed by atoms with Crippen LogP contribution in [0.5, 0.6) is 0 Å². The number of hydrazone groups is 1. The van der Waals surface area contributed by atoms with E-state index in [1.54, 1.807) is 12.3 Å². The van der Waals surface area contributed by atoms with Gasteiger partial charge >= 0.3 is 5.91 Å². The predicted molar refractivity (Wildman–Crippen MR) is 119 cm³/mol. The number of hydrogen-bond donors (Lipinski definition) is 1. The van der Waals surface area contributed by atoms with Crippen molar-refractivity contribution in [1.82, 2.24) is 9.99 Å². The summed E-state index contributed by atoms with van der Waals surface area (Å²) in [6, 6.07) is 27.7. The second-order valence-corrected chi connectivity index (χ2v) is 7.06. The molecule has 5 nitrogen and oxygen atoms in total. The van der Waals surface area contributed by atoms with Crippen LogP contribution < -0.4 is 5.43 Å². The zero-order chi connectivity index (χ0) is 20.3. The molecular weight excluding hydrogens is 374 g/mol. The first-order valence-corrected chi connectivity index (χ1v) is 9.72. The smallest absolute Gasteiger partial charge is 0.307 e. The molecule has 146 valence electrons. The lowest BCUT2D eigenvalue weighted by atomic mass is 10.2. The van der Waals surface area contributed by atoms with E-state index in [9.17, 15) is 4.79 Å². The van der Waals surface area contributed by atoms with Crippen LogP contribution in [0.3, 0.4) is 0 Å². The molecule has 0 unspecified atom stereocenters. The summed E-state index contributed by atoms with van der Waals surface area (Å²) in [5, 5.41) is 6.12. The Morgan fingerprint density at radius 2 is 1.73 bits per heavy atom. The first-order valence-electron chi connectivity index (χ1n) is 9.72. The molecule has 5 heteroatoms. The van der Waals surface area contributed by atoms with Crippen LogP contribution >= 0.6 is 0 Å². The predicted octanol–water partition coefficient (Wildman–Crippen LogP) is 5.20. The van der Waals surface area contributed by atoms with Gasteiger partial charge in [0.25, 0.3) is 0 Å². The Morgan fingerprint density at radius 3 is 2.60 bits per heavy atom. The molecule has 0 saturated carbocycles.